The molecule has 2 rings (SSSR count). The smallest absolute Gasteiger partial charge is 0.168 e. The lowest BCUT2D eigenvalue weighted by molar-refractivity contribution is 0.191. The van der Waals surface area contributed by atoms with Gasteiger partial charge in [0.25, 0.3) is 0 Å². The van der Waals surface area contributed by atoms with Gasteiger partial charge in [-0.05, 0) is 5.56 Å². The van der Waals surface area contributed by atoms with Crippen molar-refractivity contribution in [2.75, 3.05) is 17.6 Å². The van der Waals surface area contributed by atoms with Gasteiger partial charge in [-0.3, -0.25) is 0 Å². The van der Waals surface area contributed by atoms with Crippen LogP contribution >= 0.6 is 0 Å². The molecule has 0 saturated heterocycles. The molecule has 6 heteroatoms. The highest BCUT2D eigenvalue weighted by Gasteiger charge is 2.12. The quantitative estimate of drug-likeness (QED) is 0.791. The molecule has 0 aliphatic carbocycles. The highest BCUT2D eigenvalue weighted by atomic mass is 19.1. The number of anilines is 2. The molecule has 2 aromatic rings. The Bertz CT molecular complexity index is 563. The van der Waals surface area contributed by atoms with Crippen LogP contribution in [0.25, 0.3) is 0 Å². The summed E-state index contributed by atoms with van der Waals surface area (Å²) in [6.45, 7) is 0.0407. The number of pyridine rings is 1. The van der Waals surface area contributed by atoms with Crippen molar-refractivity contribution in [1.82, 2.24) is 4.98 Å². The molecule has 1 atom stereocenters. The van der Waals surface area contributed by atoms with Crippen molar-refractivity contribution >= 4 is 11.6 Å². The van der Waals surface area contributed by atoms with E-state index >= 15 is 0 Å². The summed E-state index contributed by atoms with van der Waals surface area (Å²) in [6.07, 6.45) is -0.825. The number of nitrogens with two attached hydrogens (primary N) is 1. The first-order valence-electron chi connectivity index (χ1n) is 5.66. The second-order valence-corrected chi connectivity index (χ2v) is 3.99. The molecule has 1 aromatic carbocycles. The molecule has 0 aliphatic rings. The number of halogens is 2. The Morgan fingerprint density at radius 1 is 1.21 bits per heavy atom. The summed E-state index contributed by atoms with van der Waals surface area (Å²) in [5.41, 5.74) is 5.94. The Morgan fingerprint density at radius 3 is 2.58 bits per heavy atom. The number of benzene rings is 1. The molecular formula is C13H13F2N3O. The van der Waals surface area contributed by atoms with Gasteiger partial charge in [0.2, 0.25) is 0 Å². The zero-order valence-electron chi connectivity index (χ0n) is 9.98. The highest BCUT2D eigenvalue weighted by molar-refractivity contribution is 5.45. The van der Waals surface area contributed by atoms with Crippen LogP contribution < -0.4 is 11.1 Å². The fourth-order valence-corrected chi connectivity index (χ4v) is 1.59. The van der Waals surface area contributed by atoms with E-state index in [1.165, 1.54) is 0 Å². The van der Waals surface area contributed by atoms with Crippen molar-refractivity contribution in [2.24, 2.45) is 0 Å². The molecule has 0 bridgehead atoms. The number of rotatable bonds is 4. The predicted molar refractivity (Wildman–Crippen MR) is 68.5 cm³/mol. The third-order valence-corrected chi connectivity index (χ3v) is 2.60. The van der Waals surface area contributed by atoms with E-state index < -0.39 is 23.6 Å². The van der Waals surface area contributed by atoms with Gasteiger partial charge in [0, 0.05) is 12.6 Å². The fourth-order valence-electron chi connectivity index (χ4n) is 1.59. The molecule has 0 fully saturated rings. The summed E-state index contributed by atoms with van der Waals surface area (Å²) in [7, 11) is 0. The second-order valence-electron chi connectivity index (χ2n) is 3.99. The van der Waals surface area contributed by atoms with Gasteiger partial charge in [0.1, 0.15) is 0 Å². The SMILES string of the molecule is Nc1nc(NCC(O)c2ccccc2)c(F)cc1F. The number of nitrogen functional groups attached to an aromatic ring is 1. The lowest BCUT2D eigenvalue weighted by atomic mass is 10.1. The second kappa shape index (κ2) is 5.62. The molecule has 1 unspecified atom stereocenters. The van der Waals surface area contributed by atoms with Crippen LogP contribution in [0.2, 0.25) is 0 Å². The van der Waals surface area contributed by atoms with Gasteiger partial charge in [-0.2, -0.15) is 0 Å². The Kier molecular flexibility index (Phi) is 3.91. The third-order valence-electron chi connectivity index (χ3n) is 2.60. The minimum absolute atomic E-state index is 0.0407. The summed E-state index contributed by atoms with van der Waals surface area (Å²) < 4.78 is 26.3. The molecule has 4 nitrogen and oxygen atoms in total. The van der Waals surface area contributed by atoms with E-state index in [1.807, 2.05) is 6.07 Å². The molecule has 0 amide bonds. The molecule has 1 heterocycles. The van der Waals surface area contributed by atoms with Crippen molar-refractivity contribution in [3.8, 4) is 0 Å². The highest BCUT2D eigenvalue weighted by Crippen LogP contribution is 2.18. The normalized spacial score (nSPS) is 12.2. The lowest BCUT2D eigenvalue weighted by Gasteiger charge is -2.13. The van der Waals surface area contributed by atoms with Crippen LogP contribution in [0.3, 0.4) is 0 Å². The Labute approximate surface area is 108 Å². The van der Waals surface area contributed by atoms with Gasteiger partial charge in [-0.1, -0.05) is 30.3 Å². The Balaban J connectivity index is 2.05. The van der Waals surface area contributed by atoms with E-state index in [9.17, 15) is 13.9 Å². The maximum Gasteiger partial charge on any atom is 0.168 e. The average molecular weight is 265 g/mol. The van der Waals surface area contributed by atoms with Crippen molar-refractivity contribution in [3.63, 3.8) is 0 Å². The minimum Gasteiger partial charge on any atom is -0.387 e. The fraction of sp³-hybridized carbons (Fsp3) is 0.154. The van der Waals surface area contributed by atoms with Crippen LogP contribution in [0.15, 0.2) is 36.4 Å². The van der Waals surface area contributed by atoms with E-state index in [0.29, 0.717) is 11.6 Å². The summed E-state index contributed by atoms with van der Waals surface area (Å²) >= 11 is 0. The van der Waals surface area contributed by atoms with Crippen LogP contribution in [0.4, 0.5) is 20.4 Å². The molecule has 19 heavy (non-hydrogen) atoms. The van der Waals surface area contributed by atoms with E-state index in [-0.39, 0.29) is 12.4 Å². The third kappa shape index (κ3) is 3.17. The van der Waals surface area contributed by atoms with Crippen LogP contribution in [0, 0.1) is 11.6 Å². The molecule has 100 valence electrons. The number of aliphatic hydroxyl groups excluding tert-OH is 1. The van der Waals surface area contributed by atoms with Crippen LogP contribution in [-0.2, 0) is 0 Å². The van der Waals surface area contributed by atoms with E-state index in [1.54, 1.807) is 24.3 Å². The van der Waals surface area contributed by atoms with Crippen LogP contribution in [-0.4, -0.2) is 16.6 Å². The summed E-state index contributed by atoms with van der Waals surface area (Å²) in [5, 5.41) is 12.5. The lowest BCUT2D eigenvalue weighted by Crippen LogP contribution is -2.14. The summed E-state index contributed by atoms with van der Waals surface area (Å²) in [4.78, 5) is 3.54. The summed E-state index contributed by atoms with van der Waals surface area (Å²) in [6, 6.07) is 9.54. The monoisotopic (exact) mass is 265 g/mol. The molecule has 1 aromatic heterocycles. The Morgan fingerprint density at radius 2 is 1.89 bits per heavy atom. The van der Waals surface area contributed by atoms with E-state index in [2.05, 4.69) is 10.3 Å². The first-order valence-corrected chi connectivity index (χ1v) is 5.66. The average Bonchev–Trinajstić information content (AvgIpc) is 2.42. The number of nitrogens with zero attached hydrogens (tertiary/aromatic N) is 1. The first kappa shape index (κ1) is 13.2. The van der Waals surface area contributed by atoms with Gasteiger partial charge in [-0.15, -0.1) is 0 Å². The number of nitrogens with one attached hydrogen (secondary N) is 1. The zero-order valence-corrected chi connectivity index (χ0v) is 9.98. The largest absolute Gasteiger partial charge is 0.387 e. The molecule has 0 saturated carbocycles. The number of aromatic nitrogens is 1. The minimum atomic E-state index is -0.911. The topological polar surface area (TPSA) is 71.2 Å². The zero-order chi connectivity index (χ0) is 13.8. The van der Waals surface area contributed by atoms with Crippen molar-refractivity contribution in [1.29, 1.82) is 0 Å². The van der Waals surface area contributed by atoms with Gasteiger partial charge in [0.05, 0.1) is 6.10 Å². The predicted octanol–water partition coefficient (Wildman–Crippen LogP) is 2.09. The first-order chi connectivity index (χ1) is 9.08. The molecule has 4 N–H and O–H groups in total. The van der Waals surface area contributed by atoms with Gasteiger partial charge < -0.3 is 16.2 Å². The number of hydrogen-bond donors (Lipinski definition) is 3. The van der Waals surface area contributed by atoms with Gasteiger partial charge in [0.15, 0.2) is 23.3 Å². The van der Waals surface area contributed by atoms with Crippen molar-refractivity contribution in [2.45, 2.75) is 6.10 Å². The van der Waals surface area contributed by atoms with Crippen LogP contribution in [0.1, 0.15) is 11.7 Å². The number of aliphatic hydroxyl groups is 1. The standard InChI is InChI=1S/C13H13F2N3O/c14-9-6-10(15)13(18-12(9)16)17-7-11(19)8-4-2-1-3-5-8/h1-6,11,19H,7H2,(H3,16,17,18). The molecular weight excluding hydrogens is 252 g/mol. The van der Waals surface area contributed by atoms with Crippen LogP contribution in [0.5, 0.6) is 0 Å². The van der Waals surface area contributed by atoms with E-state index in [0.717, 1.165) is 0 Å². The maximum absolute atomic E-state index is 13.4. The maximum atomic E-state index is 13.4. The van der Waals surface area contributed by atoms with Crippen molar-refractivity contribution in [3.05, 3.63) is 53.6 Å². The molecule has 0 aliphatic heterocycles. The Hall–Kier alpha value is -2.21. The van der Waals surface area contributed by atoms with Gasteiger partial charge in [-0.25, -0.2) is 13.8 Å². The molecule has 0 radical (unpaired) electrons. The molecule has 0 spiro atoms. The number of hydrogen-bond acceptors (Lipinski definition) is 4. The summed E-state index contributed by atoms with van der Waals surface area (Å²) in [5.74, 6) is -2.34. The van der Waals surface area contributed by atoms with E-state index in [4.69, 9.17) is 5.73 Å². The van der Waals surface area contributed by atoms with Gasteiger partial charge >= 0.3 is 0 Å². The van der Waals surface area contributed by atoms with Crippen molar-refractivity contribution < 1.29 is 13.9 Å².